The summed E-state index contributed by atoms with van der Waals surface area (Å²) in [6.07, 6.45) is 5.73. The van der Waals surface area contributed by atoms with Crippen molar-refractivity contribution in [3.8, 4) is 23.0 Å². The van der Waals surface area contributed by atoms with Crippen LogP contribution in [0.5, 0.6) is 23.0 Å². The highest BCUT2D eigenvalue weighted by Gasteiger charge is 2.19. The third kappa shape index (κ3) is 5.67. The van der Waals surface area contributed by atoms with E-state index in [0.717, 1.165) is 73.2 Å². The van der Waals surface area contributed by atoms with Crippen LogP contribution in [0, 0.1) is 0 Å². The molecule has 0 saturated carbocycles. The van der Waals surface area contributed by atoms with Gasteiger partial charge in [0.1, 0.15) is 29.6 Å². The van der Waals surface area contributed by atoms with E-state index in [9.17, 15) is 5.11 Å². The molecule has 2 heterocycles. The van der Waals surface area contributed by atoms with Crippen LogP contribution in [0.4, 0.5) is 0 Å². The van der Waals surface area contributed by atoms with E-state index in [2.05, 4.69) is 21.9 Å². The van der Waals surface area contributed by atoms with E-state index >= 15 is 0 Å². The maximum Gasteiger partial charge on any atom is 0.127 e. The zero-order valence-electron chi connectivity index (χ0n) is 19.4. The summed E-state index contributed by atoms with van der Waals surface area (Å²) >= 11 is 0. The first-order valence-corrected chi connectivity index (χ1v) is 11.8. The summed E-state index contributed by atoms with van der Waals surface area (Å²) in [6.45, 7) is 6.94. The molecule has 2 fully saturated rings. The Morgan fingerprint density at radius 2 is 1.44 bits per heavy atom. The topological polar surface area (TPSA) is 54.4 Å². The molecule has 0 bridgehead atoms. The number of ether oxygens (including phenoxy) is 3. The Morgan fingerprint density at radius 3 is 2.06 bits per heavy atom. The van der Waals surface area contributed by atoms with Gasteiger partial charge in [0.05, 0.1) is 19.8 Å². The lowest BCUT2D eigenvalue weighted by Crippen LogP contribution is -2.25. The molecule has 2 saturated heterocycles. The van der Waals surface area contributed by atoms with Crippen molar-refractivity contribution in [2.75, 3.05) is 53.6 Å². The minimum absolute atomic E-state index is 0.223. The van der Waals surface area contributed by atoms with Gasteiger partial charge in [-0.3, -0.25) is 9.80 Å². The van der Waals surface area contributed by atoms with Gasteiger partial charge in [-0.25, -0.2) is 0 Å². The Hall–Kier alpha value is -2.44. The van der Waals surface area contributed by atoms with Crippen LogP contribution < -0.4 is 14.2 Å². The molecule has 0 amide bonds. The first kappa shape index (κ1) is 22.7. The third-order valence-corrected chi connectivity index (χ3v) is 6.56. The monoisotopic (exact) mass is 440 g/mol. The van der Waals surface area contributed by atoms with Crippen molar-refractivity contribution < 1.29 is 19.3 Å². The van der Waals surface area contributed by atoms with Gasteiger partial charge in [-0.05, 0) is 81.2 Å². The second-order valence-electron chi connectivity index (χ2n) is 8.83. The van der Waals surface area contributed by atoms with Crippen LogP contribution >= 0.6 is 0 Å². The van der Waals surface area contributed by atoms with Crippen LogP contribution in [0.2, 0.25) is 0 Å². The average Bonchev–Trinajstić information content (AvgIpc) is 3.50. The smallest absolute Gasteiger partial charge is 0.127 e. The molecule has 174 valence electrons. The van der Waals surface area contributed by atoms with Crippen molar-refractivity contribution in [2.45, 2.75) is 38.6 Å². The summed E-state index contributed by atoms with van der Waals surface area (Å²) in [5.41, 5.74) is 3.24. The van der Waals surface area contributed by atoms with Gasteiger partial charge in [0.25, 0.3) is 0 Å². The van der Waals surface area contributed by atoms with Crippen LogP contribution in [0.25, 0.3) is 0 Å². The normalized spacial score (nSPS) is 17.1. The molecule has 32 heavy (non-hydrogen) atoms. The second kappa shape index (κ2) is 10.9. The first-order valence-electron chi connectivity index (χ1n) is 11.8. The molecular formula is C26H36N2O4. The van der Waals surface area contributed by atoms with Gasteiger partial charge in [-0.2, -0.15) is 0 Å². The molecule has 2 aromatic carbocycles. The van der Waals surface area contributed by atoms with Crippen LogP contribution in [-0.4, -0.2) is 68.5 Å². The zero-order chi connectivity index (χ0) is 22.3. The predicted molar refractivity (Wildman–Crippen MR) is 126 cm³/mol. The molecule has 0 atom stereocenters. The van der Waals surface area contributed by atoms with Crippen molar-refractivity contribution in [1.82, 2.24) is 9.80 Å². The first-order chi connectivity index (χ1) is 15.7. The molecule has 6 heteroatoms. The quantitative estimate of drug-likeness (QED) is 0.601. The minimum atomic E-state index is 0.223. The van der Waals surface area contributed by atoms with E-state index in [-0.39, 0.29) is 5.75 Å². The molecular weight excluding hydrogens is 404 g/mol. The fraction of sp³-hybridized carbons (Fsp3) is 0.538. The van der Waals surface area contributed by atoms with E-state index in [0.29, 0.717) is 13.0 Å². The van der Waals surface area contributed by atoms with Crippen LogP contribution in [-0.2, 0) is 13.0 Å². The number of phenols is 1. The number of aromatic hydroxyl groups is 1. The van der Waals surface area contributed by atoms with Gasteiger partial charge >= 0.3 is 0 Å². The van der Waals surface area contributed by atoms with Gasteiger partial charge in [-0.15, -0.1) is 0 Å². The Morgan fingerprint density at radius 1 is 0.812 bits per heavy atom. The predicted octanol–water partition coefficient (Wildman–Crippen LogP) is 4.07. The molecule has 0 unspecified atom stereocenters. The van der Waals surface area contributed by atoms with Gasteiger partial charge in [0.15, 0.2) is 0 Å². The fourth-order valence-corrected chi connectivity index (χ4v) is 4.80. The van der Waals surface area contributed by atoms with Crippen LogP contribution in [0.15, 0.2) is 30.3 Å². The molecule has 0 aliphatic carbocycles. The lowest BCUT2D eigenvalue weighted by molar-refractivity contribution is 0.236. The number of hydrogen-bond acceptors (Lipinski definition) is 6. The Bertz CT molecular complexity index is 864. The molecule has 2 aliphatic heterocycles. The highest BCUT2D eigenvalue weighted by atomic mass is 16.5. The number of benzene rings is 2. The zero-order valence-corrected chi connectivity index (χ0v) is 19.4. The Kier molecular flexibility index (Phi) is 7.76. The number of likely N-dealkylation sites (tertiary alicyclic amines) is 2. The SMILES string of the molecule is COc1cc(Cc2ccc(O)cc2OCCN2CCCC2)cc(OC)c1CN1CCCC1. The summed E-state index contributed by atoms with van der Waals surface area (Å²) in [6, 6.07) is 9.59. The highest BCUT2D eigenvalue weighted by Crippen LogP contribution is 2.35. The molecule has 4 rings (SSSR count). The number of nitrogens with zero attached hydrogens (tertiary/aromatic N) is 2. The molecule has 1 N–H and O–H groups in total. The van der Waals surface area contributed by atoms with Gasteiger partial charge in [0.2, 0.25) is 0 Å². The number of hydrogen-bond donors (Lipinski definition) is 1. The number of methoxy groups -OCH3 is 2. The van der Waals surface area contributed by atoms with E-state index in [1.54, 1.807) is 26.4 Å². The third-order valence-electron chi connectivity index (χ3n) is 6.56. The van der Waals surface area contributed by atoms with Crippen molar-refractivity contribution in [3.05, 3.63) is 47.0 Å². The number of phenolic OH excluding ortho intramolecular Hbond substituents is 1. The highest BCUT2D eigenvalue weighted by molar-refractivity contribution is 5.51. The Labute approximate surface area is 191 Å². The summed E-state index contributed by atoms with van der Waals surface area (Å²) in [5.74, 6) is 2.69. The average molecular weight is 441 g/mol. The second-order valence-corrected chi connectivity index (χ2v) is 8.83. The number of rotatable bonds is 10. The van der Waals surface area contributed by atoms with E-state index < -0.39 is 0 Å². The van der Waals surface area contributed by atoms with E-state index in [4.69, 9.17) is 14.2 Å². The lowest BCUT2D eigenvalue weighted by atomic mass is 10.0. The van der Waals surface area contributed by atoms with Crippen molar-refractivity contribution >= 4 is 0 Å². The van der Waals surface area contributed by atoms with Gasteiger partial charge in [0, 0.05) is 25.6 Å². The maximum absolute atomic E-state index is 10.0. The molecule has 0 aromatic heterocycles. The van der Waals surface area contributed by atoms with Crippen molar-refractivity contribution in [3.63, 3.8) is 0 Å². The molecule has 2 aliphatic rings. The summed E-state index contributed by atoms with van der Waals surface area (Å²) in [5, 5.41) is 10.0. The maximum atomic E-state index is 10.0. The lowest BCUT2D eigenvalue weighted by Gasteiger charge is -2.21. The van der Waals surface area contributed by atoms with E-state index in [1.165, 1.54) is 25.7 Å². The standard InChI is InChI=1S/C26H36N2O4/c1-30-25-16-20(17-26(31-2)23(25)19-28-11-5-6-12-28)15-21-7-8-22(29)18-24(21)32-14-13-27-9-3-4-10-27/h7-8,16-18,29H,3-6,9-15,19H2,1-2H3. The Balaban J connectivity index is 1.51. The van der Waals surface area contributed by atoms with Gasteiger partial charge in [-0.1, -0.05) is 6.07 Å². The fourth-order valence-electron chi connectivity index (χ4n) is 4.80. The molecule has 6 nitrogen and oxygen atoms in total. The minimum Gasteiger partial charge on any atom is -0.508 e. The van der Waals surface area contributed by atoms with E-state index in [1.807, 2.05) is 6.07 Å². The van der Waals surface area contributed by atoms with Crippen molar-refractivity contribution in [1.29, 1.82) is 0 Å². The summed E-state index contributed by atoms with van der Waals surface area (Å²) in [4.78, 5) is 4.88. The molecule has 0 spiro atoms. The van der Waals surface area contributed by atoms with Crippen molar-refractivity contribution in [2.24, 2.45) is 0 Å². The molecule has 0 radical (unpaired) electrons. The van der Waals surface area contributed by atoms with Gasteiger partial charge < -0.3 is 19.3 Å². The largest absolute Gasteiger partial charge is 0.508 e. The van der Waals surface area contributed by atoms with Crippen LogP contribution in [0.3, 0.4) is 0 Å². The summed E-state index contributed by atoms with van der Waals surface area (Å²) < 4.78 is 17.6. The summed E-state index contributed by atoms with van der Waals surface area (Å²) in [7, 11) is 3.44. The van der Waals surface area contributed by atoms with Crippen LogP contribution in [0.1, 0.15) is 42.4 Å². The molecule has 2 aromatic rings.